The molecule has 0 aliphatic heterocycles. The van der Waals surface area contributed by atoms with Crippen LogP contribution in [0.3, 0.4) is 0 Å². The van der Waals surface area contributed by atoms with Gasteiger partial charge in [0.25, 0.3) is 0 Å². The maximum Gasteiger partial charge on any atom is 0.313 e. The fourth-order valence-corrected chi connectivity index (χ4v) is 2.80. The largest absolute Gasteiger partial charge is 0.481 e. The summed E-state index contributed by atoms with van der Waals surface area (Å²) in [7, 11) is -3.58. The molecule has 0 saturated carbocycles. The second-order valence-corrected chi connectivity index (χ2v) is 6.89. The Hall–Kier alpha value is -1.12. The Bertz CT molecular complexity index is 416. The molecule has 0 saturated heterocycles. The average Bonchev–Trinajstić information content (AvgIpc) is 2.25. The minimum absolute atomic E-state index is 0.487. The van der Waals surface area contributed by atoms with E-state index in [0.717, 1.165) is 5.56 Å². The molecule has 0 spiro atoms. The van der Waals surface area contributed by atoms with Gasteiger partial charge in [0.15, 0.2) is 0 Å². The normalized spacial score (nSPS) is 16.1. The predicted octanol–water partition coefficient (Wildman–Crippen LogP) is 2.36. The third-order valence-corrected chi connectivity index (χ3v) is 5.10. The molecule has 0 amide bonds. The second kappa shape index (κ2) is 5.99. The van der Waals surface area contributed by atoms with Crippen LogP contribution in [0, 0.1) is 0 Å². The molecule has 1 aromatic carbocycles. The molecule has 0 heterocycles. The van der Waals surface area contributed by atoms with E-state index < -0.39 is 25.2 Å². The van der Waals surface area contributed by atoms with Gasteiger partial charge in [-0.25, -0.2) is 0 Å². The van der Waals surface area contributed by atoms with Crippen molar-refractivity contribution in [1.29, 1.82) is 0 Å². The van der Waals surface area contributed by atoms with Gasteiger partial charge < -0.3 is 10.00 Å². The second-order valence-electron chi connectivity index (χ2n) is 4.18. The highest BCUT2D eigenvalue weighted by Gasteiger charge is 2.29. The number of carbonyl (C=O) groups is 1. The van der Waals surface area contributed by atoms with Crippen LogP contribution in [0.2, 0.25) is 0 Å². The molecule has 94 valence electrons. The topological polar surface area (TPSA) is 74.6 Å². The fraction of sp³-hybridized carbons (Fsp3) is 0.417. The van der Waals surface area contributed by atoms with Gasteiger partial charge in [-0.1, -0.05) is 37.3 Å². The molecule has 4 nitrogen and oxygen atoms in total. The lowest BCUT2D eigenvalue weighted by Crippen LogP contribution is -2.13. The highest BCUT2D eigenvalue weighted by Crippen LogP contribution is 2.47. The van der Waals surface area contributed by atoms with E-state index in [0.29, 0.717) is 12.8 Å². The van der Waals surface area contributed by atoms with Crippen molar-refractivity contribution in [2.24, 2.45) is 0 Å². The van der Waals surface area contributed by atoms with Crippen LogP contribution in [0.15, 0.2) is 30.3 Å². The van der Waals surface area contributed by atoms with Crippen LogP contribution >= 0.6 is 7.37 Å². The minimum Gasteiger partial charge on any atom is -0.481 e. The van der Waals surface area contributed by atoms with Crippen molar-refractivity contribution in [3.63, 3.8) is 0 Å². The molecule has 1 aromatic rings. The molecule has 0 radical (unpaired) electrons. The number of hydrogen-bond donors (Lipinski definition) is 2. The first-order chi connectivity index (χ1) is 7.92. The maximum absolute atomic E-state index is 11.7. The summed E-state index contributed by atoms with van der Waals surface area (Å²) in [6, 6.07) is 9.64. The van der Waals surface area contributed by atoms with Crippen molar-refractivity contribution in [1.82, 2.24) is 0 Å². The van der Waals surface area contributed by atoms with Gasteiger partial charge in [0.05, 0.1) is 0 Å². The van der Waals surface area contributed by atoms with Crippen LogP contribution in [0.4, 0.5) is 0 Å². The monoisotopic (exact) mass is 256 g/mol. The SMILES string of the molecule is CC(CCc1ccccc1)P(=O)(O)CC(=O)O. The summed E-state index contributed by atoms with van der Waals surface area (Å²) in [5, 5.41) is 8.55. The Morgan fingerprint density at radius 1 is 1.35 bits per heavy atom. The molecule has 0 aromatic heterocycles. The molecule has 5 heteroatoms. The van der Waals surface area contributed by atoms with Gasteiger partial charge in [-0.15, -0.1) is 0 Å². The van der Waals surface area contributed by atoms with Gasteiger partial charge in [0, 0.05) is 5.66 Å². The lowest BCUT2D eigenvalue weighted by Gasteiger charge is -2.17. The van der Waals surface area contributed by atoms with E-state index in [9.17, 15) is 14.3 Å². The lowest BCUT2D eigenvalue weighted by molar-refractivity contribution is -0.134. The molecular weight excluding hydrogens is 239 g/mol. The van der Waals surface area contributed by atoms with Crippen molar-refractivity contribution >= 4 is 13.3 Å². The molecule has 0 fully saturated rings. The Balaban J connectivity index is 2.52. The number of carboxylic acids is 1. The van der Waals surface area contributed by atoms with Crippen LogP contribution in [0.5, 0.6) is 0 Å². The zero-order valence-electron chi connectivity index (χ0n) is 9.74. The summed E-state index contributed by atoms with van der Waals surface area (Å²) in [5.74, 6) is -1.22. The van der Waals surface area contributed by atoms with Crippen molar-refractivity contribution in [3.05, 3.63) is 35.9 Å². The van der Waals surface area contributed by atoms with Gasteiger partial charge in [-0.3, -0.25) is 9.36 Å². The van der Waals surface area contributed by atoms with Crippen LogP contribution in [0.25, 0.3) is 0 Å². The van der Waals surface area contributed by atoms with Crippen molar-refractivity contribution in [2.45, 2.75) is 25.4 Å². The first-order valence-electron chi connectivity index (χ1n) is 5.49. The van der Waals surface area contributed by atoms with Crippen LogP contribution in [0.1, 0.15) is 18.9 Å². The van der Waals surface area contributed by atoms with E-state index in [1.807, 2.05) is 30.3 Å². The third-order valence-electron chi connectivity index (χ3n) is 2.74. The smallest absolute Gasteiger partial charge is 0.313 e. The highest BCUT2D eigenvalue weighted by molar-refractivity contribution is 7.59. The van der Waals surface area contributed by atoms with Crippen LogP contribution in [-0.4, -0.2) is 27.8 Å². The molecule has 0 aliphatic carbocycles. The zero-order chi connectivity index (χ0) is 12.9. The van der Waals surface area contributed by atoms with Gasteiger partial charge in [0.2, 0.25) is 7.37 Å². The summed E-state index contributed by atoms with van der Waals surface area (Å²) >= 11 is 0. The average molecular weight is 256 g/mol. The number of carboxylic acid groups (broad SMARTS) is 1. The Kier molecular flexibility index (Phi) is 4.91. The van der Waals surface area contributed by atoms with Gasteiger partial charge >= 0.3 is 5.97 Å². The zero-order valence-corrected chi connectivity index (χ0v) is 10.6. The summed E-state index contributed by atoms with van der Waals surface area (Å²) in [6.45, 7) is 1.63. The van der Waals surface area contributed by atoms with Gasteiger partial charge in [-0.05, 0) is 18.4 Å². The van der Waals surface area contributed by atoms with Crippen molar-refractivity contribution < 1.29 is 19.4 Å². The predicted molar refractivity (Wildman–Crippen MR) is 66.6 cm³/mol. The fourth-order valence-electron chi connectivity index (χ4n) is 1.57. The summed E-state index contributed by atoms with van der Waals surface area (Å²) in [6.07, 6.45) is 0.556. The van der Waals surface area contributed by atoms with E-state index in [4.69, 9.17) is 5.11 Å². The molecule has 2 unspecified atom stereocenters. The standard InChI is InChI=1S/C12H17O4P/c1-10(17(15,16)9-12(13)14)7-8-11-5-3-2-4-6-11/h2-6,10H,7-9H2,1H3,(H,13,14)(H,15,16). The molecule has 2 atom stereocenters. The molecule has 1 rings (SSSR count). The molecule has 0 bridgehead atoms. The molecular formula is C12H17O4P. The quantitative estimate of drug-likeness (QED) is 0.766. The van der Waals surface area contributed by atoms with Gasteiger partial charge in [0.1, 0.15) is 6.16 Å². The summed E-state index contributed by atoms with van der Waals surface area (Å²) in [4.78, 5) is 20.1. The highest BCUT2D eigenvalue weighted by atomic mass is 31.2. The summed E-state index contributed by atoms with van der Waals surface area (Å²) < 4.78 is 11.7. The van der Waals surface area contributed by atoms with E-state index >= 15 is 0 Å². The van der Waals surface area contributed by atoms with Crippen molar-refractivity contribution in [2.75, 3.05) is 6.16 Å². The van der Waals surface area contributed by atoms with E-state index in [-0.39, 0.29) is 0 Å². The van der Waals surface area contributed by atoms with E-state index in [1.54, 1.807) is 6.92 Å². The lowest BCUT2D eigenvalue weighted by atomic mass is 10.1. The number of aryl methyl sites for hydroxylation is 1. The van der Waals surface area contributed by atoms with E-state index in [2.05, 4.69) is 0 Å². The Labute approximate surface area is 101 Å². The number of hydrogen-bond acceptors (Lipinski definition) is 2. The minimum atomic E-state index is -3.58. The number of aliphatic carboxylic acids is 1. The molecule has 17 heavy (non-hydrogen) atoms. The first-order valence-corrected chi connectivity index (χ1v) is 7.40. The number of rotatable bonds is 6. The number of benzene rings is 1. The first kappa shape index (κ1) is 13.9. The van der Waals surface area contributed by atoms with Crippen LogP contribution < -0.4 is 0 Å². The van der Waals surface area contributed by atoms with Crippen LogP contribution in [-0.2, 0) is 15.8 Å². The Morgan fingerprint density at radius 2 is 1.94 bits per heavy atom. The summed E-state index contributed by atoms with van der Waals surface area (Å²) in [5.41, 5.74) is 0.605. The van der Waals surface area contributed by atoms with Gasteiger partial charge in [-0.2, -0.15) is 0 Å². The molecule has 2 N–H and O–H groups in total. The Morgan fingerprint density at radius 3 is 2.47 bits per heavy atom. The maximum atomic E-state index is 11.7. The van der Waals surface area contributed by atoms with Crippen molar-refractivity contribution in [3.8, 4) is 0 Å². The third kappa shape index (κ3) is 4.72. The molecule has 0 aliphatic rings. The van der Waals surface area contributed by atoms with E-state index in [1.165, 1.54) is 0 Å².